The normalized spacial score (nSPS) is 20.9. The lowest BCUT2D eigenvalue weighted by Gasteiger charge is -2.16. The number of ether oxygens (including phenoxy) is 1. The smallest absolute Gasteiger partial charge is 0.308 e. The molecule has 1 saturated heterocycles. The standard InChI is InChI=1S/C18H19BrN2O3/c1-24-17-8-12(6-7-20-17)9-21-10-15(16(11-21)18(22)23)13-2-4-14(19)5-3-13/h2-8,15-16H,9-11H2,1H3,(H,22,23)/t15-,16+/m0/s1. The number of nitrogens with zero attached hydrogens (tertiary/aromatic N) is 2. The number of carboxylic acid groups (broad SMARTS) is 1. The van der Waals surface area contributed by atoms with Crippen LogP contribution in [-0.4, -0.2) is 41.2 Å². The molecule has 126 valence electrons. The summed E-state index contributed by atoms with van der Waals surface area (Å²) in [6.07, 6.45) is 1.71. The molecule has 5 nitrogen and oxygen atoms in total. The minimum absolute atomic E-state index is 0.000618. The fourth-order valence-electron chi connectivity index (χ4n) is 3.23. The number of carboxylic acids is 1. The molecule has 1 fully saturated rings. The fourth-order valence-corrected chi connectivity index (χ4v) is 3.50. The van der Waals surface area contributed by atoms with Gasteiger partial charge in [0.15, 0.2) is 0 Å². The van der Waals surface area contributed by atoms with Crippen molar-refractivity contribution in [1.82, 2.24) is 9.88 Å². The van der Waals surface area contributed by atoms with Gasteiger partial charge in [-0.3, -0.25) is 9.69 Å². The van der Waals surface area contributed by atoms with Gasteiger partial charge in [-0.1, -0.05) is 28.1 Å². The maximum atomic E-state index is 11.7. The van der Waals surface area contributed by atoms with Gasteiger partial charge in [-0.15, -0.1) is 0 Å². The Labute approximate surface area is 149 Å². The Kier molecular flexibility index (Phi) is 5.16. The number of aromatic nitrogens is 1. The average molecular weight is 391 g/mol. The van der Waals surface area contributed by atoms with E-state index < -0.39 is 11.9 Å². The highest BCUT2D eigenvalue weighted by molar-refractivity contribution is 9.10. The van der Waals surface area contributed by atoms with Crippen LogP contribution in [0.5, 0.6) is 5.88 Å². The van der Waals surface area contributed by atoms with Crippen molar-refractivity contribution in [1.29, 1.82) is 0 Å². The van der Waals surface area contributed by atoms with Crippen LogP contribution in [0.1, 0.15) is 17.0 Å². The molecule has 0 radical (unpaired) electrons. The Morgan fingerprint density at radius 3 is 2.75 bits per heavy atom. The zero-order valence-electron chi connectivity index (χ0n) is 13.4. The molecule has 2 aromatic rings. The summed E-state index contributed by atoms with van der Waals surface area (Å²) >= 11 is 3.42. The van der Waals surface area contributed by atoms with E-state index in [1.165, 1.54) is 0 Å². The van der Waals surface area contributed by atoms with Gasteiger partial charge in [0, 0.05) is 42.3 Å². The minimum atomic E-state index is -0.738. The topological polar surface area (TPSA) is 62.7 Å². The van der Waals surface area contributed by atoms with Crippen molar-refractivity contribution in [3.05, 3.63) is 58.2 Å². The van der Waals surface area contributed by atoms with Gasteiger partial charge in [-0.25, -0.2) is 4.98 Å². The molecule has 0 aliphatic carbocycles. The summed E-state index contributed by atoms with van der Waals surface area (Å²) in [6, 6.07) is 11.8. The lowest BCUT2D eigenvalue weighted by Crippen LogP contribution is -2.23. The van der Waals surface area contributed by atoms with E-state index in [0.717, 1.165) is 22.1 Å². The van der Waals surface area contributed by atoms with Gasteiger partial charge >= 0.3 is 5.97 Å². The highest BCUT2D eigenvalue weighted by Gasteiger charge is 2.38. The molecular weight excluding hydrogens is 372 g/mol. The van der Waals surface area contributed by atoms with Crippen LogP contribution in [0.2, 0.25) is 0 Å². The maximum Gasteiger partial charge on any atom is 0.308 e. The molecular formula is C18H19BrN2O3. The van der Waals surface area contributed by atoms with E-state index in [1.807, 2.05) is 36.4 Å². The van der Waals surface area contributed by atoms with E-state index in [0.29, 0.717) is 19.0 Å². The largest absolute Gasteiger partial charge is 0.481 e. The van der Waals surface area contributed by atoms with Gasteiger partial charge in [0.2, 0.25) is 5.88 Å². The first kappa shape index (κ1) is 16.9. The van der Waals surface area contributed by atoms with Crippen LogP contribution in [0.4, 0.5) is 0 Å². The predicted octanol–water partition coefficient (Wildman–Crippen LogP) is 3.15. The molecule has 0 unspecified atom stereocenters. The zero-order chi connectivity index (χ0) is 17.1. The number of rotatable bonds is 5. The van der Waals surface area contributed by atoms with Crippen LogP contribution < -0.4 is 4.74 Å². The fraction of sp³-hybridized carbons (Fsp3) is 0.333. The van der Waals surface area contributed by atoms with Crippen LogP contribution in [-0.2, 0) is 11.3 Å². The summed E-state index contributed by atoms with van der Waals surface area (Å²) in [4.78, 5) is 18.0. The van der Waals surface area contributed by atoms with E-state index in [1.54, 1.807) is 13.3 Å². The summed E-state index contributed by atoms with van der Waals surface area (Å²) in [5, 5.41) is 9.60. The molecule has 0 bridgehead atoms. The van der Waals surface area contributed by atoms with E-state index in [9.17, 15) is 9.90 Å². The molecule has 1 aromatic carbocycles. The van der Waals surface area contributed by atoms with Crippen LogP contribution >= 0.6 is 15.9 Å². The number of benzene rings is 1. The second-order valence-corrected chi connectivity index (χ2v) is 6.92. The number of aliphatic carboxylic acids is 1. The van der Waals surface area contributed by atoms with Gasteiger partial charge in [0.1, 0.15) is 0 Å². The molecule has 0 spiro atoms. The second kappa shape index (κ2) is 7.32. The summed E-state index contributed by atoms with van der Waals surface area (Å²) in [5.41, 5.74) is 2.14. The third-order valence-corrected chi connectivity index (χ3v) is 4.95. The molecule has 6 heteroatoms. The number of hydrogen-bond donors (Lipinski definition) is 1. The highest BCUT2D eigenvalue weighted by Crippen LogP contribution is 2.34. The van der Waals surface area contributed by atoms with Gasteiger partial charge in [-0.05, 0) is 29.3 Å². The Bertz CT molecular complexity index is 720. The number of methoxy groups -OCH3 is 1. The van der Waals surface area contributed by atoms with Gasteiger partial charge in [0.25, 0.3) is 0 Å². The molecule has 0 amide bonds. The van der Waals surface area contributed by atoms with E-state index in [-0.39, 0.29) is 5.92 Å². The first-order valence-electron chi connectivity index (χ1n) is 7.76. The molecule has 3 rings (SSSR count). The summed E-state index contributed by atoms with van der Waals surface area (Å²) in [6.45, 7) is 1.96. The number of likely N-dealkylation sites (tertiary alicyclic amines) is 1. The van der Waals surface area contributed by atoms with E-state index in [4.69, 9.17) is 4.74 Å². The lowest BCUT2D eigenvalue weighted by molar-refractivity contribution is -0.141. The van der Waals surface area contributed by atoms with Crippen molar-refractivity contribution in [2.75, 3.05) is 20.2 Å². The molecule has 24 heavy (non-hydrogen) atoms. The molecule has 2 heterocycles. The number of carbonyl (C=O) groups is 1. The first-order chi connectivity index (χ1) is 11.6. The monoisotopic (exact) mass is 390 g/mol. The number of halogens is 1. The van der Waals surface area contributed by atoms with Crippen molar-refractivity contribution < 1.29 is 14.6 Å². The maximum absolute atomic E-state index is 11.7. The van der Waals surface area contributed by atoms with Gasteiger partial charge in [-0.2, -0.15) is 0 Å². The molecule has 1 N–H and O–H groups in total. The Morgan fingerprint density at radius 1 is 1.33 bits per heavy atom. The summed E-state index contributed by atoms with van der Waals surface area (Å²) in [7, 11) is 1.59. The third kappa shape index (κ3) is 3.76. The van der Waals surface area contributed by atoms with E-state index in [2.05, 4.69) is 25.8 Å². The Hall–Kier alpha value is -1.92. The predicted molar refractivity (Wildman–Crippen MR) is 94.1 cm³/mol. The molecule has 1 aliphatic rings. The van der Waals surface area contributed by atoms with Crippen molar-refractivity contribution in [3.8, 4) is 5.88 Å². The number of pyridine rings is 1. The third-order valence-electron chi connectivity index (χ3n) is 4.43. The van der Waals surface area contributed by atoms with Crippen LogP contribution in [0, 0.1) is 5.92 Å². The van der Waals surface area contributed by atoms with E-state index >= 15 is 0 Å². The first-order valence-corrected chi connectivity index (χ1v) is 8.55. The number of hydrogen-bond acceptors (Lipinski definition) is 4. The van der Waals surface area contributed by atoms with Crippen LogP contribution in [0.15, 0.2) is 47.1 Å². The summed E-state index contributed by atoms with van der Waals surface area (Å²) in [5.74, 6) is -0.557. The van der Waals surface area contributed by atoms with Crippen molar-refractivity contribution in [2.45, 2.75) is 12.5 Å². The van der Waals surface area contributed by atoms with Crippen LogP contribution in [0.25, 0.3) is 0 Å². The van der Waals surface area contributed by atoms with Gasteiger partial charge in [0.05, 0.1) is 13.0 Å². The molecule has 1 aliphatic heterocycles. The van der Waals surface area contributed by atoms with Crippen molar-refractivity contribution in [2.24, 2.45) is 5.92 Å². The van der Waals surface area contributed by atoms with Crippen molar-refractivity contribution in [3.63, 3.8) is 0 Å². The lowest BCUT2D eigenvalue weighted by atomic mass is 9.89. The SMILES string of the molecule is COc1cc(CN2C[C@@H](C(=O)O)[C@H](c3ccc(Br)cc3)C2)ccn1. The highest BCUT2D eigenvalue weighted by atomic mass is 79.9. The quantitative estimate of drug-likeness (QED) is 0.849. The Balaban J connectivity index is 1.77. The molecule has 1 aromatic heterocycles. The van der Waals surface area contributed by atoms with Crippen LogP contribution in [0.3, 0.4) is 0 Å². The Morgan fingerprint density at radius 2 is 2.08 bits per heavy atom. The minimum Gasteiger partial charge on any atom is -0.481 e. The average Bonchev–Trinajstić information content (AvgIpc) is 3.00. The van der Waals surface area contributed by atoms with Crippen molar-refractivity contribution >= 4 is 21.9 Å². The second-order valence-electron chi connectivity index (χ2n) is 6.00. The van der Waals surface area contributed by atoms with Gasteiger partial charge < -0.3 is 9.84 Å². The molecule has 0 saturated carbocycles. The zero-order valence-corrected chi connectivity index (χ0v) is 14.9. The molecule has 2 atom stereocenters. The summed E-state index contributed by atoms with van der Waals surface area (Å²) < 4.78 is 6.15.